The summed E-state index contributed by atoms with van der Waals surface area (Å²) in [5, 5.41) is 9.28. The molecule has 1 aromatic carbocycles. The van der Waals surface area contributed by atoms with E-state index in [4.69, 9.17) is 4.74 Å². The van der Waals surface area contributed by atoms with E-state index in [0.717, 1.165) is 31.7 Å². The molecule has 0 atom stereocenters. The Hall–Kier alpha value is -1.51. The fourth-order valence-corrected chi connectivity index (χ4v) is 2.09. The average Bonchev–Trinajstić information content (AvgIpc) is 2.55. The first kappa shape index (κ1) is 24.5. The van der Waals surface area contributed by atoms with Crippen LogP contribution in [0.4, 0.5) is 0 Å². The second-order valence-corrected chi connectivity index (χ2v) is 6.79. The van der Waals surface area contributed by atoms with Gasteiger partial charge < -0.3 is 20.7 Å². The van der Waals surface area contributed by atoms with E-state index in [-0.39, 0.29) is 42.0 Å². The SMILES string of the molecule is CCNC(=NCC(=O)NC(C)(C)C)NCCCCOc1ccccc1.I. The molecular formula is C19H33IN4O2. The van der Waals surface area contributed by atoms with Crippen molar-refractivity contribution in [3.8, 4) is 5.75 Å². The number of aliphatic imine (C=N–C) groups is 1. The molecule has 26 heavy (non-hydrogen) atoms. The average molecular weight is 476 g/mol. The van der Waals surface area contributed by atoms with Crippen LogP contribution in [0.2, 0.25) is 0 Å². The molecule has 0 saturated carbocycles. The first-order valence-electron chi connectivity index (χ1n) is 8.92. The van der Waals surface area contributed by atoms with Gasteiger partial charge in [-0.25, -0.2) is 4.99 Å². The summed E-state index contributed by atoms with van der Waals surface area (Å²) in [6.45, 7) is 10.2. The summed E-state index contributed by atoms with van der Waals surface area (Å²) in [7, 11) is 0. The zero-order valence-electron chi connectivity index (χ0n) is 16.3. The maximum Gasteiger partial charge on any atom is 0.242 e. The Morgan fingerprint density at radius 1 is 1.12 bits per heavy atom. The van der Waals surface area contributed by atoms with Gasteiger partial charge in [-0.2, -0.15) is 0 Å². The normalized spacial score (nSPS) is 11.3. The van der Waals surface area contributed by atoms with Crippen LogP contribution in [0.5, 0.6) is 5.75 Å². The highest BCUT2D eigenvalue weighted by Gasteiger charge is 2.13. The molecule has 7 heteroatoms. The van der Waals surface area contributed by atoms with Crippen molar-refractivity contribution in [2.75, 3.05) is 26.2 Å². The lowest BCUT2D eigenvalue weighted by Crippen LogP contribution is -2.43. The molecule has 0 heterocycles. The Balaban J connectivity index is 0.00000625. The molecule has 0 spiro atoms. The molecule has 1 amide bonds. The summed E-state index contributed by atoms with van der Waals surface area (Å²) >= 11 is 0. The maximum atomic E-state index is 11.8. The number of carbonyl (C=O) groups is 1. The van der Waals surface area contributed by atoms with Crippen LogP contribution < -0.4 is 20.7 Å². The predicted octanol–water partition coefficient (Wildman–Crippen LogP) is 2.93. The van der Waals surface area contributed by atoms with Crippen LogP contribution in [0.25, 0.3) is 0 Å². The largest absolute Gasteiger partial charge is 0.494 e. The van der Waals surface area contributed by atoms with Gasteiger partial charge in [0.05, 0.1) is 6.61 Å². The minimum Gasteiger partial charge on any atom is -0.494 e. The summed E-state index contributed by atoms with van der Waals surface area (Å²) in [5.74, 6) is 1.48. The molecule has 6 nitrogen and oxygen atoms in total. The molecule has 0 aliphatic rings. The lowest BCUT2D eigenvalue weighted by Gasteiger charge is -2.20. The van der Waals surface area contributed by atoms with Gasteiger partial charge in [-0.15, -0.1) is 24.0 Å². The van der Waals surface area contributed by atoms with Crippen molar-refractivity contribution in [3.05, 3.63) is 30.3 Å². The van der Waals surface area contributed by atoms with Crippen LogP contribution in [0, 0.1) is 0 Å². The lowest BCUT2D eigenvalue weighted by molar-refractivity contribution is -0.121. The number of hydrogen-bond donors (Lipinski definition) is 3. The number of nitrogens with zero attached hydrogens (tertiary/aromatic N) is 1. The zero-order valence-corrected chi connectivity index (χ0v) is 18.6. The molecule has 0 radical (unpaired) electrons. The van der Waals surface area contributed by atoms with Crippen molar-refractivity contribution >= 4 is 35.8 Å². The van der Waals surface area contributed by atoms with Crippen molar-refractivity contribution in [3.63, 3.8) is 0 Å². The van der Waals surface area contributed by atoms with Crippen molar-refractivity contribution < 1.29 is 9.53 Å². The van der Waals surface area contributed by atoms with Crippen molar-refractivity contribution in [1.82, 2.24) is 16.0 Å². The van der Waals surface area contributed by atoms with Gasteiger partial charge in [0.1, 0.15) is 12.3 Å². The molecule has 1 aromatic rings. The van der Waals surface area contributed by atoms with Gasteiger partial charge in [0.15, 0.2) is 5.96 Å². The third-order valence-electron chi connectivity index (χ3n) is 3.11. The Labute approximate surface area is 174 Å². The van der Waals surface area contributed by atoms with E-state index in [9.17, 15) is 4.79 Å². The van der Waals surface area contributed by atoms with E-state index in [0.29, 0.717) is 12.6 Å². The molecular weight excluding hydrogens is 443 g/mol. The van der Waals surface area contributed by atoms with Crippen LogP contribution in [-0.2, 0) is 4.79 Å². The minimum atomic E-state index is -0.239. The van der Waals surface area contributed by atoms with Gasteiger partial charge in [0, 0.05) is 18.6 Å². The lowest BCUT2D eigenvalue weighted by atomic mass is 10.1. The molecule has 0 fully saturated rings. The second-order valence-electron chi connectivity index (χ2n) is 6.79. The number of nitrogens with one attached hydrogen (secondary N) is 3. The first-order chi connectivity index (χ1) is 11.9. The van der Waals surface area contributed by atoms with E-state index in [1.54, 1.807) is 0 Å². The molecule has 3 N–H and O–H groups in total. The van der Waals surface area contributed by atoms with Gasteiger partial charge in [-0.05, 0) is 52.7 Å². The van der Waals surface area contributed by atoms with Crippen LogP contribution in [0.3, 0.4) is 0 Å². The van der Waals surface area contributed by atoms with Crippen molar-refractivity contribution in [2.24, 2.45) is 4.99 Å². The number of carbonyl (C=O) groups excluding carboxylic acids is 1. The van der Waals surface area contributed by atoms with E-state index in [1.807, 2.05) is 58.0 Å². The maximum absolute atomic E-state index is 11.8. The van der Waals surface area contributed by atoms with E-state index >= 15 is 0 Å². The highest BCUT2D eigenvalue weighted by molar-refractivity contribution is 14.0. The Bertz CT molecular complexity index is 530. The Morgan fingerprint density at radius 2 is 1.81 bits per heavy atom. The monoisotopic (exact) mass is 476 g/mol. The number of halogens is 1. The third kappa shape index (κ3) is 12.8. The van der Waals surface area contributed by atoms with Gasteiger partial charge in [-0.1, -0.05) is 18.2 Å². The van der Waals surface area contributed by atoms with Crippen LogP contribution in [0.1, 0.15) is 40.5 Å². The minimum absolute atomic E-state index is 0. The summed E-state index contributed by atoms with van der Waals surface area (Å²) < 4.78 is 5.66. The number of rotatable bonds is 9. The van der Waals surface area contributed by atoms with Gasteiger partial charge in [0.2, 0.25) is 5.91 Å². The number of ether oxygens (including phenoxy) is 1. The number of guanidine groups is 1. The molecule has 0 aliphatic carbocycles. The number of hydrogen-bond acceptors (Lipinski definition) is 3. The van der Waals surface area contributed by atoms with E-state index in [1.165, 1.54) is 0 Å². The highest BCUT2D eigenvalue weighted by atomic mass is 127. The fourth-order valence-electron chi connectivity index (χ4n) is 2.09. The summed E-state index contributed by atoms with van der Waals surface area (Å²) in [5.41, 5.74) is -0.239. The number of para-hydroxylation sites is 1. The van der Waals surface area contributed by atoms with E-state index < -0.39 is 0 Å². The van der Waals surface area contributed by atoms with Gasteiger partial charge in [-0.3, -0.25) is 4.79 Å². The molecule has 0 aromatic heterocycles. The molecule has 1 rings (SSSR count). The predicted molar refractivity (Wildman–Crippen MR) is 118 cm³/mol. The van der Waals surface area contributed by atoms with Crippen molar-refractivity contribution in [1.29, 1.82) is 0 Å². The summed E-state index contributed by atoms with van der Waals surface area (Å²) in [4.78, 5) is 16.1. The molecule has 148 valence electrons. The Kier molecular flexibility index (Phi) is 12.9. The second kappa shape index (κ2) is 13.7. The smallest absolute Gasteiger partial charge is 0.242 e. The first-order valence-corrected chi connectivity index (χ1v) is 8.92. The molecule has 0 saturated heterocycles. The van der Waals surface area contributed by atoms with Crippen molar-refractivity contribution in [2.45, 2.75) is 46.1 Å². The molecule has 0 unspecified atom stereocenters. The van der Waals surface area contributed by atoms with Gasteiger partial charge >= 0.3 is 0 Å². The highest BCUT2D eigenvalue weighted by Crippen LogP contribution is 2.08. The number of amides is 1. The third-order valence-corrected chi connectivity index (χ3v) is 3.11. The standard InChI is InChI=1S/C19H32N4O2.HI/c1-5-20-18(22-15-17(24)23-19(2,3)4)21-13-9-10-14-25-16-11-7-6-8-12-16;/h6-8,11-12H,5,9-10,13-15H2,1-4H3,(H,23,24)(H2,20,21,22);1H. The van der Waals surface area contributed by atoms with Gasteiger partial charge in [0.25, 0.3) is 0 Å². The quantitative estimate of drug-likeness (QED) is 0.222. The summed E-state index contributed by atoms with van der Waals surface area (Å²) in [6.07, 6.45) is 1.91. The van der Waals surface area contributed by atoms with Crippen LogP contribution >= 0.6 is 24.0 Å². The summed E-state index contributed by atoms with van der Waals surface area (Å²) in [6, 6.07) is 9.81. The fraction of sp³-hybridized carbons (Fsp3) is 0.579. The van der Waals surface area contributed by atoms with Crippen LogP contribution in [-0.4, -0.2) is 43.6 Å². The molecule has 0 bridgehead atoms. The number of benzene rings is 1. The van der Waals surface area contributed by atoms with E-state index in [2.05, 4.69) is 20.9 Å². The number of unbranched alkanes of at least 4 members (excludes halogenated alkanes) is 1. The van der Waals surface area contributed by atoms with Crippen LogP contribution in [0.15, 0.2) is 35.3 Å². The topological polar surface area (TPSA) is 74.8 Å². The zero-order chi connectivity index (χ0) is 18.5. The molecule has 0 aliphatic heterocycles. The Morgan fingerprint density at radius 3 is 2.42 bits per heavy atom.